The predicted molar refractivity (Wildman–Crippen MR) is 62.9 cm³/mol. The smallest absolute Gasteiger partial charge is 0.344 e. The van der Waals surface area contributed by atoms with Gasteiger partial charge in [0, 0.05) is 19.3 Å². The first kappa shape index (κ1) is 10.6. The van der Waals surface area contributed by atoms with Gasteiger partial charge in [0.25, 0.3) is 0 Å². The van der Waals surface area contributed by atoms with Gasteiger partial charge in [-0.05, 0) is 26.0 Å². The molecule has 0 atom stereocenters. The van der Waals surface area contributed by atoms with Crippen LogP contribution in [0.1, 0.15) is 12.6 Å². The van der Waals surface area contributed by atoms with Crippen molar-refractivity contribution in [1.82, 2.24) is 14.4 Å². The average molecular weight is 218 g/mol. The molecule has 0 unspecified atom stereocenters. The van der Waals surface area contributed by atoms with E-state index in [-0.39, 0.29) is 5.69 Å². The van der Waals surface area contributed by atoms with E-state index in [2.05, 4.69) is 9.97 Å². The topological polar surface area (TPSA) is 50.5 Å². The molecule has 0 aliphatic heterocycles. The van der Waals surface area contributed by atoms with E-state index in [4.69, 9.17) is 0 Å². The molecule has 0 fully saturated rings. The number of rotatable bonds is 2. The lowest BCUT2D eigenvalue weighted by Crippen LogP contribution is -2.27. The molecule has 0 N–H and O–H groups in total. The first-order valence-corrected chi connectivity index (χ1v) is 5.21. The molecule has 5 heteroatoms. The summed E-state index contributed by atoms with van der Waals surface area (Å²) in [5.74, 6) is 0.470. The van der Waals surface area contributed by atoms with Crippen LogP contribution in [0.3, 0.4) is 0 Å². The van der Waals surface area contributed by atoms with Gasteiger partial charge in [-0.15, -0.1) is 0 Å². The van der Waals surface area contributed by atoms with Gasteiger partial charge in [0.15, 0.2) is 0 Å². The van der Waals surface area contributed by atoms with E-state index in [1.807, 2.05) is 44.0 Å². The molecule has 0 amide bonds. The van der Waals surface area contributed by atoms with Gasteiger partial charge in [0.1, 0.15) is 5.65 Å². The van der Waals surface area contributed by atoms with Crippen molar-refractivity contribution in [3.05, 3.63) is 34.4 Å². The van der Waals surface area contributed by atoms with Crippen LogP contribution < -0.4 is 10.6 Å². The summed E-state index contributed by atoms with van der Waals surface area (Å²) in [4.78, 5) is 22.0. The molecule has 0 bridgehead atoms. The van der Waals surface area contributed by atoms with Crippen molar-refractivity contribution in [1.29, 1.82) is 0 Å². The van der Waals surface area contributed by atoms with Crippen LogP contribution >= 0.6 is 0 Å². The normalized spacial score (nSPS) is 10.7. The van der Waals surface area contributed by atoms with Crippen molar-refractivity contribution in [3.63, 3.8) is 0 Å². The number of hydrogen-bond donors (Lipinski definition) is 0. The number of hydrogen-bond acceptors (Lipinski definition) is 4. The Balaban J connectivity index is 2.74. The average Bonchev–Trinajstić information content (AvgIpc) is 2.27. The molecular weight excluding hydrogens is 204 g/mol. The minimum absolute atomic E-state index is 0.279. The van der Waals surface area contributed by atoms with Gasteiger partial charge in [-0.3, -0.25) is 0 Å². The standard InChI is InChI=1S/C11H14N4O/c1-4-14(3)10-12-9-7-5-6-8(2)15(9)11(16)13-10/h5-7H,4H2,1-3H3. The Bertz CT molecular complexity index is 576. The lowest BCUT2D eigenvalue weighted by atomic mass is 10.4. The van der Waals surface area contributed by atoms with Crippen LogP contribution in [0.5, 0.6) is 0 Å². The Morgan fingerprint density at radius 2 is 2.12 bits per heavy atom. The van der Waals surface area contributed by atoms with Crippen molar-refractivity contribution in [3.8, 4) is 0 Å². The molecule has 2 rings (SSSR count). The molecule has 2 heterocycles. The monoisotopic (exact) mass is 218 g/mol. The molecular formula is C11H14N4O. The fourth-order valence-corrected chi connectivity index (χ4v) is 1.51. The summed E-state index contributed by atoms with van der Waals surface area (Å²) in [6, 6.07) is 5.55. The molecule has 0 saturated carbocycles. The van der Waals surface area contributed by atoms with Gasteiger partial charge in [-0.1, -0.05) is 6.07 Å². The third-order valence-electron chi connectivity index (χ3n) is 2.58. The van der Waals surface area contributed by atoms with E-state index in [9.17, 15) is 4.79 Å². The predicted octanol–water partition coefficient (Wildman–Crippen LogP) is 0.854. The van der Waals surface area contributed by atoms with E-state index >= 15 is 0 Å². The third-order valence-corrected chi connectivity index (χ3v) is 2.58. The molecule has 2 aromatic rings. The van der Waals surface area contributed by atoms with Crippen molar-refractivity contribution in [2.45, 2.75) is 13.8 Å². The van der Waals surface area contributed by atoms with Gasteiger partial charge in [0.2, 0.25) is 5.95 Å². The summed E-state index contributed by atoms with van der Waals surface area (Å²) in [7, 11) is 1.86. The summed E-state index contributed by atoms with van der Waals surface area (Å²) in [5, 5.41) is 0. The van der Waals surface area contributed by atoms with E-state index in [0.29, 0.717) is 11.6 Å². The van der Waals surface area contributed by atoms with E-state index in [0.717, 1.165) is 12.2 Å². The van der Waals surface area contributed by atoms with Gasteiger partial charge < -0.3 is 4.90 Å². The van der Waals surface area contributed by atoms with Crippen LogP contribution in [0, 0.1) is 6.92 Å². The van der Waals surface area contributed by atoms with E-state index in [1.54, 1.807) is 0 Å². The van der Waals surface area contributed by atoms with Crippen LogP contribution in [-0.4, -0.2) is 28.0 Å². The second kappa shape index (κ2) is 3.92. The molecule has 0 aromatic carbocycles. The van der Waals surface area contributed by atoms with Crippen LogP contribution in [0.15, 0.2) is 23.0 Å². The number of fused-ring (bicyclic) bond motifs is 1. The number of nitrogens with zero attached hydrogens (tertiary/aromatic N) is 4. The number of pyridine rings is 1. The number of anilines is 1. The summed E-state index contributed by atoms with van der Waals surface area (Å²) in [6.07, 6.45) is 0. The maximum Gasteiger partial charge on any atom is 0.356 e. The molecule has 2 aromatic heterocycles. The molecule has 84 valence electrons. The van der Waals surface area contributed by atoms with Gasteiger partial charge in [-0.2, -0.15) is 9.97 Å². The summed E-state index contributed by atoms with van der Waals surface area (Å²) >= 11 is 0. The van der Waals surface area contributed by atoms with Crippen LogP contribution in [0.25, 0.3) is 5.65 Å². The Morgan fingerprint density at radius 3 is 2.81 bits per heavy atom. The van der Waals surface area contributed by atoms with Gasteiger partial charge >= 0.3 is 5.69 Å². The molecule has 5 nitrogen and oxygen atoms in total. The zero-order chi connectivity index (χ0) is 11.7. The fourth-order valence-electron chi connectivity index (χ4n) is 1.51. The maximum absolute atomic E-state index is 11.8. The first-order valence-electron chi connectivity index (χ1n) is 5.21. The molecule has 0 spiro atoms. The number of aromatic nitrogens is 3. The Labute approximate surface area is 93.4 Å². The molecule has 0 aliphatic carbocycles. The van der Waals surface area contributed by atoms with Crippen molar-refractivity contribution < 1.29 is 0 Å². The Morgan fingerprint density at radius 1 is 1.38 bits per heavy atom. The first-order chi connectivity index (χ1) is 7.63. The molecule has 0 saturated heterocycles. The second-order valence-electron chi connectivity index (χ2n) is 3.68. The lowest BCUT2D eigenvalue weighted by Gasteiger charge is -2.14. The van der Waals surface area contributed by atoms with Gasteiger partial charge in [-0.25, -0.2) is 9.20 Å². The van der Waals surface area contributed by atoms with Crippen molar-refractivity contribution in [2.24, 2.45) is 0 Å². The Kier molecular flexibility index (Phi) is 2.60. The highest BCUT2D eigenvalue weighted by atomic mass is 16.1. The summed E-state index contributed by atoms with van der Waals surface area (Å²) < 4.78 is 1.51. The van der Waals surface area contributed by atoms with Gasteiger partial charge in [0.05, 0.1) is 0 Å². The van der Waals surface area contributed by atoms with Crippen LogP contribution in [0.2, 0.25) is 0 Å². The zero-order valence-electron chi connectivity index (χ0n) is 9.64. The zero-order valence-corrected chi connectivity index (χ0v) is 9.64. The number of aryl methyl sites for hydroxylation is 1. The quantitative estimate of drug-likeness (QED) is 0.750. The van der Waals surface area contributed by atoms with Crippen molar-refractivity contribution >= 4 is 11.6 Å². The molecule has 16 heavy (non-hydrogen) atoms. The Hall–Kier alpha value is -1.91. The second-order valence-corrected chi connectivity index (χ2v) is 3.68. The molecule has 0 radical (unpaired) electrons. The van der Waals surface area contributed by atoms with E-state index in [1.165, 1.54) is 4.40 Å². The highest BCUT2D eigenvalue weighted by Crippen LogP contribution is 2.06. The maximum atomic E-state index is 11.8. The van der Waals surface area contributed by atoms with E-state index < -0.39 is 0 Å². The largest absolute Gasteiger partial charge is 0.356 e. The van der Waals surface area contributed by atoms with Crippen LogP contribution in [-0.2, 0) is 0 Å². The minimum Gasteiger partial charge on any atom is -0.344 e. The summed E-state index contributed by atoms with van der Waals surface area (Å²) in [5.41, 5.74) is 1.20. The third kappa shape index (κ3) is 1.64. The lowest BCUT2D eigenvalue weighted by molar-refractivity contribution is 0.845. The van der Waals surface area contributed by atoms with Crippen LogP contribution in [0.4, 0.5) is 5.95 Å². The molecule has 0 aliphatic rings. The fraction of sp³-hybridized carbons (Fsp3) is 0.364. The SMILES string of the molecule is CCN(C)c1nc(=O)n2c(C)cccc2n1. The van der Waals surface area contributed by atoms with Crippen molar-refractivity contribution in [2.75, 3.05) is 18.5 Å². The highest BCUT2D eigenvalue weighted by Gasteiger charge is 2.07. The summed E-state index contributed by atoms with van der Waals surface area (Å²) in [6.45, 7) is 4.61. The minimum atomic E-state index is -0.279. The highest BCUT2D eigenvalue weighted by molar-refractivity contribution is 5.44.